The molecule has 3 aliphatic heterocycles. The SMILES string of the molecule is N#Cc1ccc(COc2cccc(C3CC4CC(C3)N4Cc3nc4ccc(C(=O)O)cc4n3C[C@@H]3CCO3)n2)c(F)c1. The number of hydrogen-bond acceptors (Lipinski definition) is 7. The molecular weight excluding hydrogens is 537 g/mol. The van der Waals surface area contributed by atoms with Crippen LogP contribution in [0, 0.1) is 17.1 Å². The zero-order valence-electron chi connectivity index (χ0n) is 22.9. The number of rotatable bonds is 9. The third kappa shape index (κ3) is 4.99. The van der Waals surface area contributed by atoms with Gasteiger partial charge in [0.1, 0.15) is 18.2 Å². The van der Waals surface area contributed by atoms with Crippen LogP contribution in [-0.4, -0.2) is 55.3 Å². The van der Waals surface area contributed by atoms with Gasteiger partial charge in [-0.25, -0.2) is 19.2 Å². The number of nitrogens with zero attached hydrogens (tertiary/aromatic N) is 5. The molecule has 0 radical (unpaired) electrons. The average molecular weight is 568 g/mol. The number of carbonyl (C=O) groups is 1. The van der Waals surface area contributed by atoms with Crippen LogP contribution in [0.25, 0.3) is 11.0 Å². The molecule has 0 spiro atoms. The molecule has 8 rings (SSSR count). The molecule has 4 aliphatic rings. The quantitative estimate of drug-likeness (QED) is 0.300. The van der Waals surface area contributed by atoms with Crippen LogP contribution in [0.15, 0.2) is 54.6 Å². The molecule has 9 nitrogen and oxygen atoms in total. The predicted octanol–water partition coefficient (Wildman–Crippen LogP) is 5.03. The summed E-state index contributed by atoms with van der Waals surface area (Å²) in [7, 11) is 0. The first-order valence-electron chi connectivity index (χ1n) is 14.3. The summed E-state index contributed by atoms with van der Waals surface area (Å²) in [5, 5.41) is 18.5. The Morgan fingerprint density at radius 1 is 1.12 bits per heavy atom. The van der Waals surface area contributed by atoms with Crippen molar-refractivity contribution in [3.05, 3.63) is 88.6 Å². The molecule has 2 bridgehead atoms. The van der Waals surface area contributed by atoms with Gasteiger partial charge in [0.15, 0.2) is 0 Å². The topological polar surface area (TPSA) is 114 Å². The summed E-state index contributed by atoms with van der Waals surface area (Å²) in [6, 6.07) is 18.0. The second kappa shape index (κ2) is 10.8. The second-order valence-corrected chi connectivity index (χ2v) is 11.4. The van der Waals surface area contributed by atoms with Gasteiger partial charge >= 0.3 is 5.97 Å². The number of imidazole rings is 1. The number of pyridine rings is 1. The number of piperidine rings is 1. The van der Waals surface area contributed by atoms with Gasteiger partial charge in [0, 0.05) is 41.9 Å². The molecule has 10 heteroatoms. The predicted molar refractivity (Wildman–Crippen MR) is 150 cm³/mol. The first-order chi connectivity index (χ1) is 20.4. The fourth-order valence-corrected chi connectivity index (χ4v) is 6.51. The molecule has 1 saturated carbocycles. The summed E-state index contributed by atoms with van der Waals surface area (Å²) in [5.74, 6) is 0.299. The molecule has 1 aliphatic carbocycles. The Hall–Kier alpha value is -4.33. The molecule has 1 N–H and O–H groups in total. The highest BCUT2D eigenvalue weighted by molar-refractivity contribution is 5.92. The standard InChI is InChI=1S/C32H30FN5O4/c33-26-10-19(15-34)4-5-21(26)18-42-31-3-1-2-27(36-31)22-11-23-14-24(12-22)37(23)17-30-35-28-7-6-20(32(39)40)13-29(28)38(30)16-25-8-9-41-25/h1-7,10,13,22-25H,8-9,11-12,14,16-18H2,(H,39,40)/t22?,23?,24?,25-/m0/s1. The maximum atomic E-state index is 14.3. The van der Waals surface area contributed by atoms with E-state index >= 15 is 0 Å². The average Bonchev–Trinajstić information content (AvgIpc) is 3.33. The summed E-state index contributed by atoms with van der Waals surface area (Å²) < 4.78 is 28.0. The number of nitriles is 1. The van der Waals surface area contributed by atoms with Crippen LogP contribution in [0.4, 0.5) is 4.39 Å². The van der Waals surface area contributed by atoms with Crippen molar-refractivity contribution in [2.24, 2.45) is 0 Å². The number of hydrogen-bond donors (Lipinski definition) is 1. The number of carboxylic acids is 1. The van der Waals surface area contributed by atoms with Crippen molar-refractivity contribution < 1.29 is 23.8 Å². The van der Waals surface area contributed by atoms with E-state index in [9.17, 15) is 14.3 Å². The largest absolute Gasteiger partial charge is 0.478 e. The van der Waals surface area contributed by atoms with Gasteiger partial charge in [-0.05, 0) is 62.1 Å². The molecule has 4 fully saturated rings. The first kappa shape index (κ1) is 26.6. The van der Waals surface area contributed by atoms with E-state index in [4.69, 9.17) is 24.7 Å². The maximum absolute atomic E-state index is 14.3. The lowest BCUT2D eigenvalue weighted by molar-refractivity contribution is -0.0623. The Bertz CT molecular complexity index is 1700. The zero-order chi connectivity index (χ0) is 28.8. The number of benzene rings is 2. The number of aromatic nitrogens is 3. The minimum Gasteiger partial charge on any atom is -0.478 e. The summed E-state index contributed by atoms with van der Waals surface area (Å²) in [6.07, 6.45) is 4.22. The Morgan fingerprint density at radius 3 is 2.67 bits per heavy atom. The first-order valence-corrected chi connectivity index (χ1v) is 14.3. The molecule has 4 aromatic rings. The van der Waals surface area contributed by atoms with Gasteiger partial charge in [-0.15, -0.1) is 0 Å². The van der Waals surface area contributed by atoms with E-state index in [0.717, 1.165) is 54.8 Å². The number of ether oxygens (including phenoxy) is 2. The lowest BCUT2D eigenvalue weighted by Gasteiger charge is -2.55. The lowest BCUT2D eigenvalue weighted by Crippen LogP contribution is -2.59. The fraction of sp³-hybridized carbons (Fsp3) is 0.375. The van der Waals surface area contributed by atoms with E-state index in [1.807, 2.05) is 18.2 Å². The molecule has 2 aromatic heterocycles. The second-order valence-electron chi connectivity index (χ2n) is 11.4. The van der Waals surface area contributed by atoms with E-state index in [1.165, 1.54) is 6.07 Å². The van der Waals surface area contributed by atoms with Crippen molar-refractivity contribution in [2.75, 3.05) is 6.61 Å². The molecule has 42 heavy (non-hydrogen) atoms. The van der Waals surface area contributed by atoms with Crippen molar-refractivity contribution in [1.29, 1.82) is 5.26 Å². The van der Waals surface area contributed by atoms with Crippen molar-refractivity contribution >= 4 is 17.0 Å². The van der Waals surface area contributed by atoms with Gasteiger partial charge in [-0.3, -0.25) is 4.90 Å². The van der Waals surface area contributed by atoms with Crippen molar-refractivity contribution in [3.63, 3.8) is 0 Å². The normalized spacial score (nSPS) is 23.1. The van der Waals surface area contributed by atoms with Crippen molar-refractivity contribution in [2.45, 2.75) is 69.5 Å². The number of aromatic carboxylic acids is 1. The Morgan fingerprint density at radius 2 is 1.95 bits per heavy atom. The third-order valence-electron chi connectivity index (χ3n) is 8.89. The molecule has 2 unspecified atom stereocenters. The van der Waals surface area contributed by atoms with Crippen LogP contribution in [0.1, 0.15) is 64.6 Å². The summed E-state index contributed by atoms with van der Waals surface area (Å²) in [6.45, 7) is 2.18. The van der Waals surface area contributed by atoms with Gasteiger partial charge in [0.05, 0.1) is 47.4 Å². The van der Waals surface area contributed by atoms with Gasteiger partial charge < -0.3 is 19.1 Å². The van der Waals surface area contributed by atoms with Gasteiger partial charge in [-0.1, -0.05) is 12.1 Å². The van der Waals surface area contributed by atoms with Crippen molar-refractivity contribution in [1.82, 2.24) is 19.4 Å². The fourth-order valence-electron chi connectivity index (χ4n) is 6.51. The van der Waals surface area contributed by atoms with Crippen molar-refractivity contribution in [3.8, 4) is 11.9 Å². The van der Waals surface area contributed by atoms with E-state index in [2.05, 4.69) is 9.47 Å². The number of halogens is 1. The molecule has 3 atom stereocenters. The Labute approximate surface area is 242 Å². The van der Waals surface area contributed by atoms with Crippen LogP contribution < -0.4 is 4.74 Å². The smallest absolute Gasteiger partial charge is 0.335 e. The number of fused-ring (bicyclic) bond motifs is 3. The summed E-state index contributed by atoms with van der Waals surface area (Å²) >= 11 is 0. The van der Waals surface area contributed by atoms with Crippen LogP contribution in [0.2, 0.25) is 0 Å². The minimum atomic E-state index is -0.945. The van der Waals surface area contributed by atoms with E-state index in [-0.39, 0.29) is 23.8 Å². The molecule has 3 saturated heterocycles. The highest BCUT2D eigenvalue weighted by Gasteiger charge is 2.46. The lowest BCUT2D eigenvalue weighted by atomic mass is 9.72. The molecule has 5 heterocycles. The molecular formula is C32H30FN5O4. The minimum absolute atomic E-state index is 0.0402. The van der Waals surface area contributed by atoms with Crippen LogP contribution >= 0.6 is 0 Å². The number of carboxylic acid groups (broad SMARTS) is 1. The van der Waals surface area contributed by atoms with Crippen LogP contribution in [-0.2, 0) is 24.4 Å². The zero-order valence-corrected chi connectivity index (χ0v) is 22.9. The van der Waals surface area contributed by atoms with Gasteiger partial charge in [-0.2, -0.15) is 5.26 Å². The highest BCUT2D eigenvalue weighted by atomic mass is 19.1. The van der Waals surface area contributed by atoms with E-state index in [1.54, 1.807) is 36.4 Å². The van der Waals surface area contributed by atoms with Gasteiger partial charge in [0.25, 0.3) is 0 Å². The highest BCUT2D eigenvalue weighted by Crippen LogP contribution is 2.46. The molecule has 0 amide bonds. The summed E-state index contributed by atoms with van der Waals surface area (Å²) in [5.41, 5.74) is 3.54. The third-order valence-corrected chi connectivity index (χ3v) is 8.89. The molecule has 2 aromatic carbocycles. The van der Waals surface area contributed by atoms with Crippen LogP contribution in [0.3, 0.4) is 0 Å². The molecule has 214 valence electrons. The maximum Gasteiger partial charge on any atom is 0.335 e. The summed E-state index contributed by atoms with van der Waals surface area (Å²) in [4.78, 5) is 23.8. The Kier molecular flexibility index (Phi) is 6.84. The van der Waals surface area contributed by atoms with Crippen LogP contribution in [0.5, 0.6) is 5.88 Å². The van der Waals surface area contributed by atoms with E-state index < -0.39 is 11.8 Å². The van der Waals surface area contributed by atoms with E-state index in [0.29, 0.717) is 42.5 Å². The van der Waals surface area contributed by atoms with Gasteiger partial charge in [0.2, 0.25) is 5.88 Å². The monoisotopic (exact) mass is 567 g/mol. The Balaban J connectivity index is 1.04.